The van der Waals surface area contributed by atoms with Crippen LogP contribution in [0, 0.1) is 0 Å². The van der Waals surface area contributed by atoms with Crippen molar-refractivity contribution in [1.29, 1.82) is 0 Å². The first-order chi connectivity index (χ1) is 8.59. The molecular formula is C14H9Cl2O2-. The van der Waals surface area contributed by atoms with Gasteiger partial charge in [0, 0.05) is 5.02 Å². The number of benzene rings is 2. The molecule has 1 atom stereocenters. The van der Waals surface area contributed by atoms with Crippen molar-refractivity contribution in [3.63, 3.8) is 0 Å². The Balaban J connectivity index is 2.32. The van der Waals surface area contributed by atoms with Gasteiger partial charge in [0.1, 0.15) is 0 Å². The van der Waals surface area contributed by atoms with Gasteiger partial charge in [-0.15, -0.1) is 11.6 Å². The summed E-state index contributed by atoms with van der Waals surface area (Å²) in [5.74, 6) is -1.20. The predicted molar refractivity (Wildman–Crippen MR) is 69.9 cm³/mol. The smallest absolute Gasteiger partial charge is 0.0849 e. The van der Waals surface area contributed by atoms with E-state index < -0.39 is 11.3 Å². The van der Waals surface area contributed by atoms with Crippen LogP contribution in [0.4, 0.5) is 0 Å². The topological polar surface area (TPSA) is 40.1 Å². The van der Waals surface area contributed by atoms with E-state index in [-0.39, 0.29) is 5.56 Å². The second-order valence-corrected chi connectivity index (χ2v) is 4.64. The van der Waals surface area contributed by atoms with Gasteiger partial charge in [-0.3, -0.25) is 0 Å². The average Bonchev–Trinajstić information content (AvgIpc) is 2.38. The summed E-state index contributed by atoms with van der Waals surface area (Å²) in [7, 11) is 0. The highest BCUT2D eigenvalue weighted by atomic mass is 35.5. The molecule has 0 aliphatic carbocycles. The molecule has 0 bridgehead atoms. The zero-order chi connectivity index (χ0) is 13.1. The van der Waals surface area contributed by atoms with E-state index in [0.717, 1.165) is 11.1 Å². The molecule has 2 aromatic rings. The van der Waals surface area contributed by atoms with Gasteiger partial charge in [0.2, 0.25) is 0 Å². The molecule has 0 fully saturated rings. The lowest BCUT2D eigenvalue weighted by Gasteiger charge is -2.12. The summed E-state index contributed by atoms with van der Waals surface area (Å²) < 4.78 is 0. The number of carboxylic acid groups (broad SMARTS) is 1. The molecule has 0 saturated carbocycles. The van der Waals surface area contributed by atoms with Gasteiger partial charge in [-0.05, 0) is 22.8 Å². The van der Waals surface area contributed by atoms with Gasteiger partial charge in [-0.2, -0.15) is 0 Å². The fraction of sp³-hybridized carbons (Fsp3) is 0.0714. The molecule has 1 unspecified atom stereocenters. The van der Waals surface area contributed by atoms with Crippen molar-refractivity contribution in [3.05, 3.63) is 70.2 Å². The first-order valence-electron chi connectivity index (χ1n) is 5.29. The summed E-state index contributed by atoms with van der Waals surface area (Å²) in [6, 6.07) is 13.5. The monoisotopic (exact) mass is 279 g/mol. The van der Waals surface area contributed by atoms with Gasteiger partial charge in [0.25, 0.3) is 0 Å². The van der Waals surface area contributed by atoms with Gasteiger partial charge in [-0.1, -0.05) is 54.1 Å². The normalized spacial score (nSPS) is 12.1. The van der Waals surface area contributed by atoms with Crippen molar-refractivity contribution in [3.8, 4) is 0 Å². The lowest BCUT2D eigenvalue weighted by Crippen LogP contribution is -2.22. The van der Waals surface area contributed by atoms with Crippen molar-refractivity contribution in [1.82, 2.24) is 0 Å². The van der Waals surface area contributed by atoms with Crippen LogP contribution < -0.4 is 5.11 Å². The summed E-state index contributed by atoms with van der Waals surface area (Å²) in [5.41, 5.74) is 1.71. The molecule has 0 heterocycles. The second kappa shape index (κ2) is 5.42. The quantitative estimate of drug-likeness (QED) is 0.811. The molecule has 0 aliphatic rings. The first kappa shape index (κ1) is 12.9. The van der Waals surface area contributed by atoms with Gasteiger partial charge in [0.05, 0.1) is 11.3 Å². The molecule has 18 heavy (non-hydrogen) atoms. The van der Waals surface area contributed by atoms with E-state index in [1.807, 2.05) is 18.2 Å². The maximum Gasteiger partial charge on any atom is 0.0849 e. The number of carboxylic acids is 1. The lowest BCUT2D eigenvalue weighted by molar-refractivity contribution is -0.255. The maximum absolute atomic E-state index is 10.6. The Hall–Kier alpha value is -1.51. The molecule has 0 radical (unpaired) electrons. The number of aromatic carboxylic acids is 1. The minimum Gasteiger partial charge on any atom is -0.545 e. The van der Waals surface area contributed by atoms with Crippen LogP contribution in [0.25, 0.3) is 0 Å². The van der Waals surface area contributed by atoms with Crippen LogP contribution in [0.2, 0.25) is 5.02 Å². The van der Waals surface area contributed by atoms with Crippen molar-refractivity contribution in [2.45, 2.75) is 5.38 Å². The molecule has 0 aromatic heterocycles. The second-order valence-electron chi connectivity index (χ2n) is 3.79. The Morgan fingerprint density at radius 1 is 1.06 bits per heavy atom. The molecule has 2 aromatic carbocycles. The summed E-state index contributed by atoms with van der Waals surface area (Å²) in [5, 5.41) is 10.8. The summed E-state index contributed by atoms with van der Waals surface area (Å²) in [4.78, 5) is 10.6. The van der Waals surface area contributed by atoms with E-state index in [9.17, 15) is 9.90 Å². The van der Waals surface area contributed by atoms with Crippen molar-refractivity contribution in [2.75, 3.05) is 0 Å². The van der Waals surface area contributed by atoms with Crippen LogP contribution in [0.3, 0.4) is 0 Å². The van der Waals surface area contributed by atoms with Crippen LogP contribution >= 0.6 is 23.2 Å². The zero-order valence-corrected chi connectivity index (χ0v) is 10.8. The minimum absolute atomic E-state index is 0.127. The molecule has 2 nitrogen and oxygen atoms in total. The highest BCUT2D eigenvalue weighted by Gasteiger charge is 2.13. The zero-order valence-electron chi connectivity index (χ0n) is 9.27. The van der Waals surface area contributed by atoms with E-state index in [1.165, 1.54) is 12.1 Å². The minimum atomic E-state index is -1.20. The Bertz CT molecular complexity index is 564. The van der Waals surface area contributed by atoms with Gasteiger partial charge in [0.15, 0.2) is 0 Å². The van der Waals surface area contributed by atoms with E-state index in [4.69, 9.17) is 23.2 Å². The standard InChI is InChI=1S/C14H10Cl2O2/c15-12-4-2-1-3-11(12)13(16)9-5-7-10(8-6-9)14(17)18/h1-8,13H,(H,17,18)/p-1. The Morgan fingerprint density at radius 2 is 1.67 bits per heavy atom. The van der Waals surface area contributed by atoms with Crippen LogP contribution in [0.5, 0.6) is 0 Å². The average molecular weight is 280 g/mol. The summed E-state index contributed by atoms with van der Waals surface area (Å²) >= 11 is 12.4. The number of rotatable bonds is 3. The molecule has 0 amide bonds. The summed E-state index contributed by atoms with van der Waals surface area (Å²) in [6.07, 6.45) is 0. The van der Waals surface area contributed by atoms with Crippen molar-refractivity contribution < 1.29 is 9.90 Å². The van der Waals surface area contributed by atoms with Crippen LogP contribution in [0.15, 0.2) is 48.5 Å². The lowest BCUT2D eigenvalue weighted by atomic mass is 10.0. The number of hydrogen-bond acceptors (Lipinski definition) is 2. The number of halogens is 2. The predicted octanol–water partition coefficient (Wildman–Crippen LogP) is 3.03. The number of alkyl halides is 1. The largest absolute Gasteiger partial charge is 0.545 e. The molecule has 2 rings (SSSR count). The summed E-state index contributed by atoms with van der Waals surface area (Å²) in [6.45, 7) is 0. The molecule has 0 saturated heterocycles. The number of carbonyl (C=O) groups is 1. The third-order valence-electron chi connectivity index (χ3n) is 2.62. The van der Waals surface area contributed by atoms with E-state index >= 15 is 0 Å². The molecule has 0 N–H and O–H groups in total. The molecule has 4 heteroatoms. The van der Waals surface area contributed by atoms with E-state index in [0.29, 0.717) is 5.02 Å². The Morgan fingerprint density at radius 3 is 2.22 bits per heavy atom. The molecule has 92 valence electrons. The Kier molecular flexibility index (Phi) is 3.90. The van der Waals surface area contributed by atoms with Gasteiger partial charge in [-0.25, -0.2) is 0 Å². The third-order valence-corrected chi connectivity index (χ3v) is 3.45. The van der Waals surface area contributed by atoms with Crippen molar-refractivity contribution >= 4 is 29.2 Å². The van der Waals surface area contributed by atoms with E-state index in [1.54, 1.807) is 18.2 Å². The maximum atomic E-state index is 10.6. The number of hydrogen-bond donors (Lipinski definition) is 0. The number of carbonyl (C=O) groups excluding carboxylic acids is 1. The Labute approximate surface area is 115 Å². The fourth-order valence-corrected chi connectivity index (χ4v) is 2.28. The first-order valence-corrected chi connectivity index (χ1v) is 6.11. The van der Waals surface area contributed by atoms with Crippen LogP contribution in [0.1, 0.15) is 26.9 Å². The van der Waals surface area contributed by atoms with Gasteiger partial charge < -0.3 is 9.90 Å². The van der Waals surface area contributed by atoms with Gasteiger partial charge >= 0.3 is 0 Å². The highest BCUT2D eigenvalue weighted by Crippen LogP contribution is 2.33. The molecule has 0 aliphatic heterocycles. The third kappa shape index (κ3) is 2.66. The van der Waals surface area contributed by atoms with Crippen molar-refractivity contribution in [2.24, 2.45) is 0 Å². The molecular weight excluding hydrogens is 271 g/mol. The SMILES string of the molecule is O=C([O-])c1ccc(C(Cl)c2ccccc2Cl)cc1. The van der Waals surface area contributed by atoms with E-state index in [2.05, 4.69) is 0 Å². The fourth-order valence-electron chi connectivity index (χ4n) is 1.65. The highest BCUT2D eigenvalue weighted by molar-refractivity contribution is 6.33. The van der Waals surface area contributed by atoms with Crippen LogP contribution in [-0.4, -0.2) is 5.97 Å². The molecule has 0 spiro atoms. The van der Waals surface area contributed by atoms with Crippen LogP contribution in [-0.2, 0) is 0 Å².